The molecule has 2 atom stereocenters. The molecule has 2 N–H and O–H groups in total. The summed E-state index contributed by atoms with van der Waals surface area (Å²) in [5.41, 5.74) is 0. The predicted molar refractivity (Wildman–Crippen MR) is 55.1 cm³/mol. The van der Waals surface area contributed by atoms with Crippen LogP contribution in [0.5, 0.6) is 0 Å². The summed E-state index contributed by atoms with van der Waals surface area (Å²) in [6.07, 6.45) is 3.29. The van der Waals surface area contributed by atoms with E-state index >= 15 is 0 Å². The van der Waals surface area contributed by atoms with E-state index in [2.05, 4.69) is 10.6 Å². The van der Waals surface area contributed by atoms with Crippen molar-refractivity contribution in [2.75, 3.05) is 27.2 Å². The van der Waals surface area contributed by atoms with E-state index in [4.69, 9.17) is 4.74 Å². The fraction of sp³-hybridized carbons (Fsp3) is 0.900. The molecular formula is C10H20N2O2. The van der Waals surface area contributed by atoms with Crippen molar-refractivity contribution in [3.63, 3.8) is 0 Å². The van der Waals surface area contributed by atoms with Gasteiger partial charge in [-0.05, 0) is 45.3 Å². The lowest BCUT2D eigenvalue weighted by molar-refractivity contribution is -0.143. The van der Waals surface area contributed by atoms with Gasteiger partial charge in [0.25, 0.3) is 0 Å². The topological polar surface area (TPSA) is 50.4 Å². The lowest BCUT2D eigenvalue weighted by Gasteiger charge is -2.25. The Labute approximate surface area is 85.4 Å². The molecule has 1 rings (SSSR count). The van der Waals surface area contributed by atoms with Crippen molar-refractivity contribution < 1.29 is 9.53 Å². The molecule has 0 spiro atoms. The Morgan fingerprint density at radius 2 is 2.50 bits per heavy atom. The van der Waals surface area contributed by atoms with Gasteiger partial charge in [-0.15, -0.1) is 0 Å². The second-order valence-electron chi connectivity index (χ2n) is 3.81. The zero-order valence-corrected chi connectivity index (χ0v) is 9.01. The van der Waals surface area contributed by atoms with E-state index < -0.39 is 0 Å². The highest BCUT2D eigenvalue weighted by Crippen LogP contribution is 2.16. The van der Waals surface area contributed by atoms with Crippen LogP contribution in [0.1, 0.15) is 19.3 Å². The fourth-order valence-electron chi connectivity index (χ4n) is 1.93. The molecule has 1 aliphatic rings. The summed E-state index contributed by atoms with van der Waals surface area (Å²) in [4.78, 5) is 11.3. The summed E-state index contributed by atoms with van der Waals surface area (Å²) < 4.78 is 4.72. The number of nitrogens with one attached hydrogen (secondary N) is 2. The Balaban J connectivity index is 2.34. The van der Waals surface area contributed by atoms with Crippen molar-refractivity contribution in [3.8, 4) is 0 Å². The van der Waals surface area contributed by atoms with Crippen LogP contribution in [0.25, 0.3) is 0 Å². The molecule has 0 aromatic heterocycles. The Kier molecular flexibility index (Phi) is 4.90. The molecule has 1 aliphatic heterocycles. The summed E-state index contributed by atoms with van der Waals surface area (Å²) in [5, 5.41) is 6.34. The van der Waals surface area contributed by atoms with Gasteiger partial charge in [0.15, 0.2) is 0 Å². The average molecular weight is 200 g/mol. The van der Waals surface area contributed by atoms with Gasteiger partial charge in [0.1, 0.15) is 6.04 Å². The number of hydrogen-bond donors (Lipinski definition) is 2. The molecule has 1 fully saturated rings. The standard InChI is InChI=1S/C10H20N2O2/c1-11-9(10(13)14-2)6-8-4-3-5-12-7-8/h8-9,11-12H,3-7H2,1-2H3/t8-,9?/m0/s1. The van der Waals surface area contributed by atoms with Crippen LogP contribution in [0.15, 0.2) is 0 Å². The van der Waals surface area contributed by atoms with Crippen molar-refractivity contribution >= 4 is 5.97 Å². The average Bonchev–Trinajstić information content (AvgIpc) is 2.26. The largest absolute Gasteiger partial charge is 0.468 e. The molecule has 0 bridgehead atoms. The second kappa shape index (κ2) is 5.98. The minimum atomic E-state index is -0.155. The number of carbonyl (C=O) groups is 1. The van der Waals surface area contributed by atoms with Gasteiger partial charge in [0.2, 0.25) is 0 Å². The Hall–Kier alpha value is -0.610. The minimum Gasteiger partial charge on any atom is -0.468 e. The van der Waals surface area contributed by atoms with Crippen molar-refractivity contribution in [1.29, 1.82) is 0 Å². The van der Waals surface area contributed by atoms with Gasteiger partial charge < -0.3 is 15.4 Å². The summed E-state index contributed by atoms with van der Waals surface area (Å²) in [6.45, 7) is 2.13. The molecule has 0 amide bonds. The number of hydrogen-bond acceptors (Lipinski definition) is 4. The van der Waals surface area contributed by atoms with Crippen LogP contribution in [0.2, 0.25) is 0 Å². The number of methoxy groups -OCH3 is 1. The van der Waals surface area contributed by atoms with Crippen LogP contribution < -0.4 is 10.6 Å². The van der Waals surface area contributed by atoms with Crippen LogP contribution in [0.4, 0.5) is 0 Å². The van der Waals surface area contributed by atoms with Crippen LogP contribution in [0, 0.1) is 5.92 Å². The number of piperidine rings is 1. The van der Waals surface area contributed by atoms with Gasteiger partial charge in [0, 0.05) is 0 Å². The first-order valence-corrected chi connectivity index (χ1v) is 5.23. The predicted octanol–water partition coefficient (Wildman–Crippen LogP) is 0.137. The number of esters is 1. The zero-order chi connectivity index (χ0) is 10.4. The van der Waals surface area contributed by atoms with Gasteiger partial charge in [-0.25, -0.2) is 0 Å². The van der Waals surface area contributed by atoms with E-state index in [0.717, 1.165) is 19.5 Å². The van der Waals surface area contributed by atoms with Gasteiger partial charge in [-0.2, -0.15) is 0 Å². The van der Waals surface area contributed by atoms with Crippen LogP contribution in [-0.4, -0.2) is 39.3 Å². The van der Waals surface area contributed by atoms with E-state index in [1.807, 2.05) is 0 Å². The van der Waals surface area contributed by atoms with E-state index in [9.17, 15) is 4.79 Å². The van der Waals surface area contributed by atoms with Gasteiger partial charge >= 0.3 is 5.97 Å². The molecule has 4 nitrogen and oxygen atoms in total. The normalized spacial score (nSPS) is 24.3. The number of carbonyl (C=O) groups excluding carboxylic acids is 1. The number of likely N-dealkylation sites (N-methyl/N-ethyl adjacent to an activating group) is 1. The van der Waals surface area contributed by atoms with E-state index in [1.165, 1.54) is 20.0 Å². The van der Waals surface area contributed by atoms with Gasteiger partial charge in [0.05, 0.1) is 7.11 Å². The molecule has 14 heavy (non-hydrogen) atoms. The molecule has 1 saturated heterocycles. The fourth-order valence-corrected chi connectivity index (χ4v) is 1.93. The molecule has 0 aromatic rings. The Morgan fingerprint density at radius 3 is 3.00 bits per heavy atom. The van der Waals surface area contributed by atoms with E-state index in [1.54, 1.807) is 7.05 Å². The maximum absolute atomic E-state index is 11.3. The Morgan fingerprint density at radius 1 is 1.71 bits per heavy atom. The molecule has 0 saturated carbocycles. The summed E-state index contributed by atoms with van der Waals surface area (Å²) >= 11 is 0. The third-order valence-corrected chi connectivity index (χ3v) is 2.80. The van der Waals surface area contributed by atoms with Crippen molar-refractivity contribution in [3.05, 3.63) is 0 Å². The monoisotopic (exact) mass is 200 g/mol. The first-order valence-electron chi connectivity index (χ1n) is 5.23. The third-order valence-electron chi connectivity index (χ3n) is 2.80. The molecule has 4 heteroatoms. The molecule has 82 valence electrons. The third kappa shape index (κ3) is 3.27. The number of ether oxygens (including phenoxy) is 1. The SMILES string of the molecule is CNC(C[C@@H]1CCCNC1)C(=O)OC. The first-order chi connectivity index (χ1) is 6.77. The number of rotatable bonds is 4. The summed E-state index contributed by atoms with van der Waals surface area (Å²) in [6, 6.07) is -0.148. The van der Waals surface area contributed by atoms with Gasteiger partial charge in [-0.3, -0.25) is 4.79 Å². The maximum atomic E-state index is 11.3. The summed E-state index contributed by atoms with van der Waals surface area (Å²) in [7, 11) is 3.24. The highest BCUT2D eigenvalue weighted by atomic mass is 16.5. The molecule has 0 aliphatic carbocycles. The van der Waals surface area contributed by atoms with E-state index in [0.29, 0.717) is 5.92 Å². The lowest BCUT2D eigenvalue weighted by atomic mass is 9.92. The lowest BCUT2D eigenvalue weighted by Crippen LogP contribution is -2.40. The molecule has 0 aromatic carbocycles. The van der Waals surface area contributed by atoms with E-state index in [-0.39, 0.29) is 12.0 Å². The zero-order valence-electron chi connectivity index (χ0n) is 9.01. The minimum absolute atomic E-state index is 0.148. The van der Waals surface area contributed by atoms with Crippen LogP contribution in [0.3, 0.4) is 0 Å². The van der Waals surface area contributed by atoms with Crippen LogP contribution in [-0.2, 0) is 9.53 Å². The first kappa shape index (κ1) is 11.5. The van der Waals surface area contributed by atoms with Crippen molar-refractivity contribution in [2.24, 2.45) is 5.92 Å². The smallest absolute Gasteiger partial charge is 0.322 e. The molecule has 1 heterocycles. The molecular weight excluding hydrogens is 180 g/mol. The van der Waals surface area contributed by atoms with Crippen LogP contribution >= 0.6 is 0 Å². The Bertz CT molecular complexity index is 179. The molecule has 0 radical (unpaired) electrons. The second-order valence-corrected chi connectivity index (χ2v) is 3.81. The van der Waals surface area contributed by atoms with Gasteiger partial charge in [-0.1, -0.05) is 0 Å². The van der Waals surface area contributed by atoms with Crippen molar-refractivity contribution in [1.82, 2.24) is 10.6 Å². The highest BCUT2D eigenvalue weighted by Gasteiger charge is 2.23. The quantitative estimate of drug-likeness (QED) is 0.634. The van der Waals surface area contributed by atoms with Crippen molar-refractivity contribution in [2.45, 2.75) is 25.3 Å². The highest BCUT2D eigenvalue weighted by molar-refractivity contribution is 5.75. The maximum Gasteiger partial charge on any atom is 0.322 e. The summed E-state index contributed by atoms with van der Waals surface area (Å²) in [5.74, 6) is 0.443. The molecule has 1 unspecified atom stereocenters.